The topological polar surface area (TPSA) is 87.4 Å². The van der Waals surface area contributed by atoms with E-state index in [-0.39, 0.29) is 24.4 Å². The number of nitrogens with zero attached hydrogens (tertiary/aromatic N) is 3. The molecule has 0 saturated carbocycles. The van der Waals surface area contributed by atoms with E-state index in [4.69, 9.17) is 9.47 Å². The fraction of sp³-hybridized carbons (Fsp3) is 0.296. The van der Waals surface area contributed by atoms with Crippen molar-refractivity contribution in [2.75, 3.05) is 20.8 Å². The van der Waals surface area contributed by atoms with Crippen LogP contribution < -0.4 is 20.3 Å². The molecule has 0 saturated heterocycles. The summed E-state index contributed by atoms with van der Waals surface area (Å²) in [7, 11) is 3.19. The molecule has 1 N–H and O–H groups in total. The molecule has 4 aromatic rings. The summed E-state index contributed by atoms with van der Waals surface area (Å²) in [4.78, 5) is 30.2. The molecule has 0 radical (unpaired) electrons. The van der Waals surface area contributed by atoms with Crippen molar-refractivity contribution in [2.45, 2.75) is 33.2 Å². The van der Waals surface area contributed by atoms with Crippen LogP contribution in [-0.2, 0) is 17.8 Å². The standard InChI is InChI=1S/C27H30N4O4/c1-18-19(2)31(21-8-6-5-7-9-21)26-25(18)27(33)30(17-29-26)15-13-24(32)28-14-12-20-10-11-22(34-3)23(16-20)35-4/h5-11,16-17H,12-15H2,1-4H3,(H,28,32). The molecular formula is C27H30N4O4. The molecule has 1 amide bonds. The van der Waals surface area contributed by atoms with E-state index in [1.807, 2.05) is 66.9 Å². The molecule has 4 rings (SSSR count). The number of benzene rings is 2. The van der Waals surface area contributed by atoms with Crippen LogP contribution >= 0.6 is 0 Å². The van der Waals surface area contributed by atoms with Gasteiger partial charge < -0.3 is 14.8 Å². The lowest BCUT2D eigenvalue weighted by molar-refractivity contribution is -0.121. The van der Waals surface area contributed by atoms with Crippen LogP contribution in [0.3, 0.4) is 0 Å². The Bertz CT molecular complexity index is 1410. The van der Waals surface area contributed by atoms with Crippen LogP contribution in [0.2, 0.25) is 0 Å². The van der Waals surface area contributed by atoms with Crippen LogP contribution in [0.25, 0.3) is 16.7 Å². The number of ether oxygens (including phenoxy) is 2. The van der Waals surface area contributed by atoms with E-state index in [9.17, 15) is 9.59 Å². The number of methoxy groups -OCH3 is 2. The van der Waals surface area contributed by atoms with E-state index in [0.29, 0.717) is 35.5 Å². The highest BCUT2D eigenvalue weighted by molar-refractivity contribution is 5.83. The summed E-state index contributed by atoms with van der Waals surface area (Å²) in [6, 6.07) is 15.5. The highest BCUT2D eigenvalue weighted by Gasteiger charge is 2.18. The van der Waals surface area contributed by atoms with Gasteiger partial charge in [0.15, 0.2) is 17.1 Å². The first-order valence-corrected chi connectivity index (χ1v) is 11.5. The summed E-state index contributed by atoms with van der Waals surface area (Å²) >= 11 is 0. The molecule has 0 aliphatic heterocycles. The molecule has 8 heteroatoms. The molecule has 2 heterocycles. The molecule has 182 valence electrons. The average molecular weight is 475 g/mol. The minimum Gasteiger partial charge on any atom is -0.493 e. The van der Waals surface area contributed by atoms with Gasteiger partial charge in [0.2, 0.25) is 5.91 Å². The first kappa shape index (κ1) is 24.1. The van der Waals surface area contributed by atoms with Crippen molar-refractivity contribution in [1.29, 1.82) is 0 Å². The summed E-state index contributed by atoms with van der Waals surface area (Å²) in [5.41, 5.74) is 4.36. The first-order valence-electron chi connectivity index (χ1n) is 11.5. The maximum absolute atomic E-state index is 13.2. The van der Waals surface area contributed by atoms with Crippen molar-refractivity contribution < 1.29 is 14.3 Å². The molecule has 0 atom stereocenters. The Morgan fingerprint density at radius 2 is 1.77 bits per heavy atom. The van der Waals surface area contributed by atoms with Crippen LogP contribution in [0.1, 0.15) is 23.2 Å². The maximum atomic E-state index is 13.2. The van der Waals surface area contributed by atoms with E-state index in [2.05, 4.69) is 10.3 Å². The number of aryl methyl sites for hydroxylation is 2. The second kappa shape index (κ2) is 10.5. The third-order valence-electron chi connectivity index (χ3n) is 6.26. The minimum absolute atomic E-state index is 0.118. The number of carbonyl (C=O) groups excluding carboxylic acids is 1. The Hall–Kier alpha value is -4.07. The Morgan fingerprint density at radius 3 is 2.49 bits per heavy atom. The van der Waals surface area contributed by atoms with Crippen molar-refractivity contribution >= 4 is 16.9 Å². The first-order chi connectivity index (χ1) is 16.9. The molecule has 0 unspecified atom stereocenters. The molecule has 0 fully saturated rings. The number of aromatic nitrogens is 3. The molecule has 35 heavy (non-hydrogen) atoms. The summed E-state index contributed by atoms with van der Waals surface area (Å²) in [5, 5.41) is 3.51. The minimum atomic E-state index is -0.136. The monoisotopic (exact) mass is 474 g/mol. The molecule has 8 nitrogen and oxygen atoms in total. The molecule has 2 aromatic carbocycles. The molecular weight excluding hydrogens is 444 g/mol. The third-order valence-corrected chi connectivity index (χ3v) is 6.26. The molecule has 0 aliphatic carbocycles. The third kappa shape index (κ3) is 4.91. The summed E-state index contributed by atoms with van der Waals surface area (Å²) in [5.74, 6) is 1.21. The van der Waals surface area contributed by atoms with Gasteiger partial charge >= 0.3 is 0 Å². The van der Waals surface area contributed by atoms with E-state index in [0.717, 1.165) is 22.5 Å². The highest BCUT2D eigenvalue weighted by atomic mass is 16.5. The average Bonchev–Trinajstić information content (AvgIpc) is 3.14. The number of rotatable bonds is 9. The van der Waals surface area contributed by atoms with Crippen molar-refractivity contribution in [3.8, 4) is 17.2 Å². The Kier molecular flexibility index (Phi) is 7.19. The molecule has 0 spiro atoms. The van der Waals surface area contributed by atoms with Crippen LogP contribution in [-0.4, -0.2) is 40.8 Å². The number of carbonyl (C=O) groups is 1. The lowest BCUT2D eigenvalue weighted by atomic mass is 10.1. The number of hydrogen-bond acceptors (Lipinski definition) is 5. The molecule has 0 aliphatic rings. The van der Waals surface area contributed by atoms with Crippen molar-refractivity contribution in [3.63, 3.8) is 0 Å². The zero-order valence-corrected chi connectivity index (χ0v) is 20.5. The summed E-state index contributed by atoms with van der Waals surface area (Å²) in [6.07, 6.45) is 2.38. The number of amides is 1. The lowest BCUT2D eigenvalue weighted by Gasteiger charge is -2.10. The number of hydrogen-bond donors (Lipinski definition) is 1. The van der Waals surface area contributed by atoms with E-state index in [1.165, 1.54) is 10.9 Å². The number of para-hydroxylation sites is 1. The van der Waals surface area contributed by atoms with Gasteiger partial charge in [0.05, 0.1) is 25.9 Å². The zero-order valence-electron chi connectivity index (χ0n) is 20.5. The predicted molar refractivity (Wildman–Crippen MR) is 136 cm³/mol. The normalized spacial score (nSPS) is 11.0. The van der Waals surface area contributed by atoms with Gasteiger partial charge in [-0.2, -0.15) is 0 Å². The van der Waals surface area contributed by atoms with Gasteiger partial charge in [-0.1, -0.05) is 24.3 Å². The second-order valence-electron chi connectivity index (χ2n) is 8.36. The largest absolute Gasteiger partial charge is 0.493 e. The van der Waals surface area contributed by atoms with Gasteiger partial charge in [0.1, 0.15) is 0 Å². The lowest BCUT2D eigenvalue weighted by Crippen LogP contribution is -2.29. The SMILES string of the molecule is COc1ccc(CCNC(=O)CCn2cnc3c(c(C)c(C)n3-c3ccccc3)c2=O)cc1OC. The molecule has 2 aromatic heterocycles. The van der Waals surface area contributed by atoms with Gasteiger partial charge in [0.25, 0.3) is 5.56 Å². The fourth-order valence-corrected chi connectivity index (χ4v) is 4.23. The highest BCUT2D eigenvalue weighted by Crippen LogP contribution is 2.27. The van der Waals surface area contributed by atoms with Crippen LogP contribution in [0, 0.1) is 13.8 Å². The summed E-state index contributed by atoms with van der Waals surface area (Å²) in [6.45, 7) is 4.67. The maximum Gasteiger partial charge on any atom is 0.263 e. The van der Waals surface area contributed by atoms with Gasteiger partial charge in [0, 0.05) is 30.9 Å². The van der Waals surface area contributed by atoms with Crippen LogP contribution in [0.4, 0.5) is 0 Å². The van der Waals surface area contributed by atoms with E-state index in [1.54, 1.807) is 14.2 Å². The quantitative estimate of drug-likeness (QED) is 0.401. The van der Waals surface area contributed by atoms with Gasteiger partial charge in [-0.15, -0.1) is 0 Å². The predicted octanol–water partition coefficient (Wildman–Crippen LogP) is 3.57. The Balaban J connectivity index is 1.41. The van der Waals surface area contributed by atoms with Crippen molar-refractivity contribution in [3.05, 3.63) is 82.0 Å². The number of fused-ring (bicyclic) bond motifs is 1. The van der Waals surface area contributed by atoms with E-state index < -0.39 is 0 Å². The van der Waals surface area contributed by atoms with Crippen LogP contribution in [0.5, 0.6) is 11.5 Å². The Morgan fingerprint density at radius 1 is 1.03 bits per heavy atom. The van der Waals surface area contributed by atoms with Gasteiger partial charge in [-0.3, -0.25) is 18.7 Å². The fourth-order valence-electron chi connectivity index (χ4n) is 4.23. The van der Waals surface area contributed by atoms with Gasteiger partial charge in [-0.05, 0) is 55.7 Å². The van der Waals surface area contributed by atoms with Crippen molar-refractivity contribution in [2.24, 2.45) is 0 Å². The van der Waals surface area contributed by atoms with E-state index >= 15 is 0 Å². The van der Waals surface area contributed by atoms with Crippen LogP contribution in [0.15, 0.2) is 59.7 Å². The Labute approximate surface area is 204 Å². The summed E-state index contributed by atoms with van der Waals surface area (Å²) < 4.78 is 14.1. The zero-order chi connectivity index (χ0) is 24.9. The van der Waals surface area contributed by atoms with Gasteiger partial charge in [-0.25, -0.2) is 4.98 Å². The molecule has 0 bridgehead atoms. The second-order valence-corrected chi connectivity index (χ2v) is 8.36. The van der Waals surface area contributed by atoms with Crippen molar-refractivity contribution in [1.82, 2.24) is 19.4 Å². The number of nitrogens with one attached hydrogen (secondary N) is 1. The smallest absolute Gasteiger partial charge is 0.263 e.